The molecule has 0 aliphatic carbocycles. The molecule has 0 saturated heterocycles. The van der Waals surface area contributed by atoms with Crippen molar-refractivity contribution < 1.29 is 22.4 Å². The van der Waals surface area contributed by atoms with E-state index in [2.05, 4.69) is 0 Å². The van der Waals surface area contributed by atoms with Gasteiger partial charge in [-0.25, -0.2) is 17.6 Å². The summed E-state index contributed by atoms with van der Waals surface area (Å²) >= 11 is 5.05. The van der Waals surface area contributed by atoms with E-state index in [-0.39, 0.29) is 6.07 Å². The van der Waals surface area contributed by atoms with Crippen LogP contribution in [0.1, 0.15) is 10.4 Å². The van der Waals surface area contributed by atoms with E-state index < -0.39 is 40.5 Å². The van der Waals surface area contributed by atoms with Gasteiger partial charge in [0, 0.05) is 0 Å². The molecule has 0 spiro atoms. The number of hydrogen-bond acceptors (Lipinski definition) is 1. The van der Waals surface area contributed by atoms with Gasteiger partial charge in [0.2, 0.25) is 0 Å². The minimum absolute atomic E-state index is 0.276. The van der Waals surface area contributed by atoms with E-state index >= 15 is 0 Å². The zero-order valence-corrected chi connectivity index (χ0v) is 7.34. The summed E-state index contributed by atoms with van der Waals surface area (Å²) in [4.78, 5) is 10.8. The van der Waals surface area contributed by atoms with Crippen molar-refractivity contribution in [2.24, 2.45) is 0 Å². The highest BCUT2D eigenvalue weighted by Crippen LogP contribution is 2.19. The van der Waals surface area contributed by atoms with E-state index in [0.29, 0.717) is 0 Å². The van der Waals surface area contributed by atoms with Gasteiger partial charge in [-0.05, 0) is 6.07 Å². The van der Waals surface area contributed by atoms with Crippen molar-refractivity contribution in [3.05, 3.63) is 34.9 Å². The van der Waals surface area contributed by atoms with Crippen molar-refractivity contribution in [3.8, 4) is 0 Å². The van der Waals surface area contributed by atoms with Gasteiger partial charge in [-0.15, -0.1) is 11.6 Å². The first-order valence-corrected chi connectivity index (χ1v) is 3.94. The molecular weight excluding hydrogens is 224 g/mol. The van der Waals surface area contributed by atoms with Crippen molar-refractivity contribution >= 4 is 17.4 Å². The maximum Gasteiger partial charge on any atom is 0.198 e. The summed E-state index contributed by atoms with van der Waals surface area (Å²) < 4.78 is 50.3. The number of carbonyl (C=O) groups excluding carboxylic acids is 1. The maximum atomic E-state index is 12.8. The fourth-order valence-electron chi connectivity index (χ4n) is 0.848. The molecule has 0 aliphatic rings. The van der Waals surface area contributed by atoms with E-state index in [0.717, 1.165) is 0 Å². The summed E-state index contributed by atoms with van der Waals surface area (Å²) in [7, 11) is 0. The highest BCUT2D eigenvalue weighted by Gasteiger charge is 2.22. The summed E-state index contributed by atoms with van der Waals surface area (Å²) in [6.45, 7) is 0. The number of rotatable bonds is 2. The highest BCUT2D eigenvalue weighted by molar-refractivity contribution is 6.30. The van der Waals surface area contributed by atoms with E-state index in [4.69, 9.17) is 11.6 Å². The van der Waals surface area contributed by atoms with Gasteiger partial charge in [0.1, 0.15) is 0 Å². The lowest BCUT2D eigenvalue weighted by molar-refractivity contribution is 0.101. The fraction of sp³-hybridized carbons (Fsp3) is 0.125. The van der Waals surface area contributed by atoms with Crippen LogP contribution in [0.2, 0.25) is 0 Å². The third-order valence-corrected chi connectivity index (χ3v) is 1.77. The lowest BCUT2D eigenvalue weighted by atomic mass is 10.1. The van der Waals surface area contributed by atoms with Crippen LogP contribution in [0.4, 0.5) is 17.6 Å². The Labute approximate surface area is 81.3 Å². The molecule has 0 atom stereocenters. The van der Waals surface area contributed by atoms with Crippen molar-refractivity contribution in [2.45, 2.75) is 0 Å². The van der Waals surface area contributed by atoms with Crippen LogP contribution in [0.15, 0.2) is 6.07 Å². The molecule has 0 amide bonds. The minimum Gasteiger partial charge on any atom is -0.293 e. The second-order valence-corrected chi connectivity index (χ2v) is 2.67. The minimum atomic E-state index is -2.02. The number of hydrogen-bond donors (Lipinski definition) is 0. The molecule has 0 aromatic heterocycles. The van der Waals surface area contributed by atoms with Gasteiger partial charge in [-0.3, -0.25) is 4.79 Å². The quantitative estimate of drug-likeness (QED) is 0.249. The van der Waals surface area contributed by atoms with Crippen LogP contribution in [0.3, 0.4) is 0 Å². The molecule has 0 N–H and O–H groups in total. The topological polar surface area (TPSA) is 17.1 Å². The Kier molecular flexibility index (Phi) is 3.10. The number of Topliss-reactive ketones (excluding diaryl/α,β-unsaturated/α-hetero) is 1. The molecule has 6 heteroatoms. The number of benzene rings is 1. The van der Waals surface area contributed by atoms with Crippen molar-refractivity contribution in [1.82, 2.24) is 0 Å². The lowest BCUT2D eigenvalue weighted by Crippen LogP contribution is -2.08. The van der Waals surface area contributed by atoms with Gasteiger partial charge < -0.3 is 0 Å². The van der Waals surface area contributed by atoms with Gasteiger partial charge in [-0.1, -0.05) is 0 Å². The molecule has 0 aliphatic heterocycles. The molecule has 0 bridgehead atoms. The van der Waals surface area contributed by atoms with Gasteiger partial charge in [0.15, 0.2) is 29.1 Å². The summed E-state index contributed by atoms with van der Waals surface area (Å²) in [6.07, 6.45) is 0. The Balaban J connectivity index is 3.40. The predicted molar refractivity (Wildman–Crippen MR) is 41.3 cm³/mol. The first-order valence-electron chi connectivity index (χ1n) is 3.41. The Bertz CT molecular complexity index is 391. The summed E-state index contributed by atoms with van der Waals surface area (Å²) in [5.74, 6) is -8.97. The smallest absolute Gasteiger partial charge is 0.198 e. The second kappa shape index (κ2) is 3.96. The predicted octanol–water partition coefficient (Wildman–Crippen LogP) is 2.66. The van der Waals surface area contributed by atoms with Gasteiger partial charge in [0.05, 0.1) is 11.4 Å². The molecule has 14 heavy (non-hydrogen) atoms. The highest BCUT2D eigenvalue weighted by atomic mass is 35.5. The number of alkyl halides is 1. The van der Waals surface area contributed by atoms with Gasteiger partial charge in [0.25, 0.3) is 0 Å². The number of halogens is 5. The van der Waals surface area contributed by atoms with Crippen LogP contribution in [0.25, 0.3) is 0 Å². The Morgan fingerprint density at radius 2 is 1.71 bits per heavy atom. The van der Waals surface area contributed by atoms with Crippen molar-refractivity contribution in [1.29, 1.82) is 0 Å². The summed E-state index contributed by atoms with van der Waals surface area (Å²) in [5.41, 5.74) is -0.892. The van der Waals surface area contributed by atoms with Crippen LogP contribution in [0.5, 0.6) is 0 Å². The third-order valence-electron chi connectivity index (χ3n) is 1.52. The fourth-order valence-corrected chi connectivity index (χ4v) is 0.992. The normalized spacial score (nSPS) is 10.4. The van der Waals surface area contributed by atoms with Crippen LogP contribution < -0.4 is 0 Å². The molecule has 76 valence electrons. The molecule has 1 aromatic carbocycles. The average Bonchev–Trinajstić information content (AvgIpc) is 2.19. The molecule has 1 nitrogen and oxygen atoms in total. The molecule has 0 fully saturated rings. The Morgan fingerprint density at radius 1 is 1.14 bits per heavy atom. The second-order valence-electron chi connectivity index (χ2n) is 2.40. The molecule has 1 rings (SSSR count). The molecule has 0 saturated carbocycles. The molecular formula is C8H3ClF4O. The van der Waals surface area contributed by atoms with Crippen LogP contribution in [-0.4, -0.2) is 11.7 Å². The largest absolute Gasteiger partial charge is 0.293 e. The summed E-state index contributed by atoms with van der Waals surface area (Å²) in [5, 5.41) is 0. The van der Waals surface area contributed by atoms with Gasteiger partial charge in [-0.2, -0.15) is 0 Å². The SMILES string of the molecule is O=C(CCl)c1cc(F)c(F)c(F)c1F. The van der Waals surface area contributed by atoms with E-state index in [1.807, 2.05) is 0 Å². The van der Waals surface area contributed by atoms with Crippen LogP contribution in [-0.2, 0) is 0 Å². The number of ketones is 1. The van der Waals surface area contributed by atoms with E-state index in [1.54, 1.807) is 0 Å². The monoisotopic (exact) mass is 226 g/mol. The molecule has 0 unspecified atom stereocenters. The average molecular weight is 227 g/mol. The van der Waals surface area contributed by atoms with Gasteiger partial charge >= 0.3 is 0 Å². The van der Waals surface area contributed by atoms with E-state index in [1.165, 1.54) is 0 Å². The number of carbonyl (C=O) groups is 1. The van der Waals surface area contributed by atoms with Crippen molar-refractivity contribution in [2.75, 3.05) is 5.88 Å². The molecule has 0 radical (unpaired) electrons. The maximum absolute atomic E-state index is 12.8. The zero-order chi connectivity index (χ0) is 10.9. The molecule has 0 heterocycles. The first kappa shape index (κ1) is 11.0. The van der Waals surface area contributed by atoms with Crippen molar-refractivity contribution in [3.63, 3.8) is 0 Å². The van der Waals surface area contributed by atoms with E-state index in [9.17, 15) is 22.4 Å². The Hall–Kier alpha value is -1.10. The standard InChI is InChI=1S/C8H3ClF4O/c9-2-5(14)3-1-4(10)7(12)8(13)6(3)11/h1H,2H2. The lowest BCUT2D eigenvalue weighted by Gasteiger charge is -2.02. The Morgan fingerprint density at radius 3 is 2.21 bits per heavy atom. The molecule has 1 aromatic rings. The summed E-state index contributed by atoms with van der Waals surface area (Å²) in [6, 6.07) is 0.276. The van der Waals surface area contributed by atoms with Crippen LogP contribution >= 0.6 is 11.6 Å². The third kappa shape index (κ3) is 1.72. The zero-order valence-electron chi connectivity index (χ0n) is 6.58. The first-order chi connectivity index (χ1) is 6.49. The van der Waals surface area contributed by atoms with Crippen LogP contribution in [0, 0.1) is 23.3 Å².